The van der Waals surface area contributed by atoms with Gasteiger partial charge in [-0.15, -0.1) is 0 Å². The van der Waals surface area contributed by atoms with Crippen molar-refractivity contribution < 1.29 is 14.3 Å². The number of thiazole rings is 1. The number of anilines is 2. The fraction of sp³-hybridized carbons (Fsp3) is 0.318. The lowest BCUT2D eigenvalue weighted by Gasteiger charge is -2.33. The van der Waals surface area contributed by atoms with E-state index in [9.17, 15) is 4.79 Å². The second-order valence-electron chi connectivity index (χ2n) is 7.26. The van der Waals surface area contributed by atoms with Crippen LogP contribution in [0.1, 0.15) is 10.4 Å². The number of nitrogens with one attached hydrogen (secondary N) is 1. The van der Waals surface area contributed by atoms with Crippen molar-refractivity contribution in [2.24, 2.45) is 0 Å². The van der Waals surface area contributed by atoms with E-state index in [1.54, 1.807) is 44.8 Å². The van der Waals surface area contributed by atoms with Gasteiger partial charge in [0.15, 0.2) is 5.13 Å². The molecular weight excluding hydrogens is 414 g/mol. The van der Waals surface area contributed by atoms with E-state index in [-0.39, 0.29) is 5.91 Å². The number of aromatic nitrogens is 2. The summed E-state index contributed by atoms with van der Waals surface area (Å²) in [4.78, 5) is 26.6. The zero-order valence-electron chi connectivity index (χ0n) is 17.8. The van der Waals surface area contributed by atoms with Crippen LogP contribution < -0.4 is 19.7 Å². The summed E-state index contributed by atoms with van der Waals surface area (Å²) in [6.07, 6.45) is 3.54. The first-order valence-electron chi connectivity index (χ1n) is 9.96. The van der Waals surface area contributed by atoms with Gasteiger partial charge in [0.1, 0.15) is 22.2 Å². The SMILES string of the molecule is COc1cc(OC)cc(C(=O)Nc2nc(-c3cccnc3)c(N3CCN(C)CC3)s2)c1. The Kier molecular flexibility index (Phi) is 6.34. The minimum Gasteiger partial charge on any atom is -0.497 e. The summed E-state index contributed by atoms with van der Waals surface area (Å²) in [6.45, 7) is 3.78. The molecule has 0 unspecified atom stereocenters. The number of hydrogen-bond acceptors (Lipinski definition) is 8. The average Bonchev–Trinajstić information content (AvgIpc) is 3.23. The number of benzene rings is 1. The van der Waals surface area contributed by atoms with Crippen molar-refractivity contribution in [2.45, 2.75) is 0 Å². The molecule has 9 heteroatoms. The number of piperazine rings is 1. The molecule has 3 heterocycles. The quantitative estimate of drug-likeness (QED) is 0.632. The molecule has 2 aromatic heterocycles. The third-order valence-electron chi connectivity index (χ3n) is 5.17. The van der Waals surface area contributed by atoms with Crippen LogP contribution in [0.5, 0.6) is 11.5 Å². The Bertz CT molecular complexity index is 1030. The summed E-state index contributed by atoms with van der Waals surface area (Å²) in [5, 5.41) is 4.52. The lowest BCUT2D eigenvalue weighted by molar-refractivity contribution is 0.102. The Morgan fingerprint density at radius 1 is 1.10 bits per heavy atom. The standard InChI is InChI=1S/C22H25N5O3S/c1-26-7-9-27(10-8-26)21-19(15-5-4-6-23-14-15)24-22(31-21)25-20(28)16-11-17(29-2)13-18(12-16)30-3/h4-6,11-14H,7-10H2,1-3H3,(H,24,25,28). The first-order chi connectivity index (χ1) is 15.1. The molecular formula is C22H25N5O3S. The van der Waals surface area contributed by atoms with Gasteiger partial charge in [-0.1, -0.05) is 11.3 Å². The molecule has 1 aliphatic heterocycles. The van der Waals surface area contributed by atoms with Crippen LogP contribution in [-0.2, 0) is 0 Å². The largest absolute Gasteiger partial charge is 0.497 e. The Balaban J connectivity index is 1.64. The number of amides is 1. The molecule has 0 bridgehead atoms. The van der Waals surface area contributed by atoms with Crippen molar-refractivity contribution in [3.63, 3.8) is 0 Å². The van der Waals surface area contributed by atoms with Gasteiger partial charge in [0.05, 0.1) is 14.2 Å². The predicted octanol–water partition coefficient (Wildman–Crippen LogP) is 3.23. The van der Waals surface area contributed by atoms with Crippen molar-refractivity contribution in [3.05, 3.63) is 48.3 Å². The zero-order chi connectivity index (χ0) is 21.8. The van der Waals surface area contributed by atoms with Gasteiger partial charge in [0.2, 0.25) is 0 Å². The minimum atomic E-state index is -0.270. The van der Waals surface area contributed by atoms with E-state index in [2.05, 4.69) is 27.1 Å². The average molecular weight is 440 g/mol. The van der Waals surface area contributed by atoms with Crippen LogP contribution in [-0.4, -0.2) is 68.2 Å². The predicted molar refractivity (Wildman–Crippen MR) is 123 cm³/mol. The van der Waals surface area contributed by atoms with Gasteiger partial charge in [-0.25, -0.2) is 4.98 Å². The van der Waals surface area contributed by atoms with Gasteiger partial charge in [0.25, 0.3) is 5.91 Å². The van der Waals surface area contributed by atoms with Crippen LogP contribution in [0.25, 0.3) is 11.3 Å². The molecule has 1 saturated heterocycles. The minimum absolute atomic E-state index is 0.270. The van der Waals surface area contributed by atoms with Gasteiger partial charge in [-0.3, -0.25) is 15.1 Å². The van der Waals surface area contributed by atoms with Gasteiger partial charge < -0.3 is 19.3 Å². The van der Waals surface area contributed by atoms with Crippen molar-refractivity contribution in [3.8, 4) is 22.8 Å². The summed E-state index contributed by atoms with van der Waals surface area (Å²) in [6, 6.07) is 8.96. The second-order valence-corrected chi connectivity index (χ2v) is 8.24. The van der Waals surface area contributed by atoms with Crippen LogP contribution in [0, 0.1) is 0 Å². The molecule has 1 N–H and O–H groups in total. The van der Waals surface area contributed by atoms with E-state index in [1.165, 1.54) is 11.3 Å². The Hall–Kier alpha value is -3.17. The number of hydrogen-bond donors (Lipinski definition) is 1. The molecule has 0 radical (unpaired) electrons. The van der Waals surface area contributed by atoms with Crippen LogP contribution in [0.3, 0.4) is 0 Å². The molecule has 31 heavy (non-hydrogen) atoms. The smallest absolute Gasteiger partial charge is 0.257 e. The third kappa shape index (κ3) is 4.78. The highest BCUT2D eigenvalue weighted by Gasteiger charge is 2.23. The van der Waals surface area contributed by atoms with Gasteiger partial charge in [0, 0.05) is 55.8 Å². The number of nitrogens with zero attached hydrogens (tertiary/aromatic N) is 4. The van der Waals surface area contributed by atoms with Crippen molar-refractivity contribution >= 4 is 27.4 Å². The van der Waals surface area contributed by atoms with Crippen molar-refractivity contribution in [1.29, 1.82) is 0 Å². The number of likely N-dealkylation sites (N-methyl/N-ethyl adjacent to an activating group) is 1. The summed E-state index contributed by atoms with van der Waals surface area (Å²) < 4.78 is 10.6. The Morgan fingerprint density at radius 3 is 2.42 bits per heavy atom. The molecule has 8 nitrogen and oxygen atoms in total. The second kappa shape index (κ2) is 9.32. The maximum Gasteiger partial charge on any atom is 0.257 e. The van der Waals surface area contributed by atoms with Gasteiger partial charge in [-0.2, -0.15) is 0 Å². The fourth-order valence-electron chi connectivity index (χ4n) is 3.39. The number of carbonyl (C=O) groups is 1. The number of rotatable bonds is 6. The Morgan fingerprint density at radius 2 is 1.81 bits per heavy atom. The number of methoxy groups -OCH3 is 2. The molecule has 1 aromatic carbocycles. The van der Waals surface area contributed by atoms with Crippen LogP contribution in [0.4, 0.5) is 10.1 Å². The third-order valence-corrected chi connectivity index (χ3v) is 6.20. The van der Waals surface area contributed by atoms with E-state index in [0.29, 0.717) is 22.2 Å². The van der Waals surface area contributed by atoms with Gasteiger partial charge >= 0.3 is 0 Å². The fourth-order valence-corrected chi connectivity index (χ4v) is 4.42. The molecule has 1 amide bonds. The lowest BCUT2D eigenvalue weighted by Crippen LogP contribution is -2.44. The van der Waals surface area contributed by atoms with E-state index < -0.39 is 0 Å². The van der Waals surface area contributed by atoms with E-state index in [0.717, 1.165) is 42.4 Å². The van der Waals surface area contributed by atoms with Crippen LogP contribution in [0.15, 0.2) is 42.7 Å². The summed E-state index contributed by atoms with van der Waals surface area (Å²) in [7, 11) is 5.24. The molecule has 0 spiro atoms. The molecule has 0 saturated carbocycles. The monoisotopic (exact) mass is 439 g/mol. The highest BCUT2D eigenvalue weighted by atomic mass is 32.1. The first-order valence-corrected chi connectivity index (χ1v) is 10.8. The first kappa shape index (κ1) is 21.1. The number of ether oxygens (including phenoxy) is 2. The Labute approximate surface area is 185 Å². The summed E-state index contributed by atoms with van der Waals surface area (Å²) in [5.41, 5.74) is 2.20. The molecule has 1 aliphatic rings. The number of pyridine rings is 1. The topological polar surface area (TPSA) is 79.8 Å². The maximum atomic E-state index is 12.9. The molecule has 4 rings (SSSR count). The normalized spacial score (nSPS) is 14.4. The molecule has 0 aliphatic carbocycles. The van der Waals surface area contributed by atoms with Crippen molar-refractivity contribution in [1.82, 2.24) is 14.9 Å². The summed E-state index contributed by atoms with van der Waals surface area (Å²) in [5.74, 6) is 0.837. The van der Waals surface area contributed by atoms with Crippen molar-refractivity contribution in [2.75, 3.05) is 57.7 Å². The highest BCUT2D eigenvalue weighted by molar-refractivity contribution is 7.20. The lowest BCUT2D eigenvalue weighted by atomic mass is 10.2. The molecule has 1 fully saturated rings. The van der Waals surface area contributed by atoms with Crippen LogP contribution in [0.2, 0.25) is 0 Å². The van der Waals surface area contributed by atoms with Crippen LogP contribution >= 0.6 is 11.3 Å². The molecule has 3 aromatic rings. The zero-order valence-corrected chi connectivity index (χ0v) is 18.6. The maximum absolute atomic E-state index is 12.9. The van der Waals surface area contributed by atoms with E-state index in [4.69, 9.17) is 14.5 Å². The molecule has 162 valence electrons. The number of carbonyl (C=O) groups excluding carboxylic acids is 1. The van der Waals surface area contributed by atoms with E-state index >= 15 is 0 Å². The highest BCUT2D eigenvalue weighted by Crippen LogP contribution is 2.39. The molecule has 0 atom stereocenters. The summed E-state index contributed by atoms with van der Waals surface area (Å²) >= 11 is 1.48. The van der Waals surface area contributed by atoms with Gasteiger partial charge in [-0.05, 0) is 31.3 Å². The van der Waals surface area contributed by atoms with E-state index in [1.807, 2.05) is 12.1 Å².